The third kappa shape index (κ3) is 4.85. The topological polar surface area (TPSA) is 113 Å². The number of aliphatic hydroxyl groups is 1. The number of fused-ring (bicyclic) bond motifs is 1. The van der Waals surface area contributed by atoms with Gasteiger partial charge < -0.3 is 10.1 Å². The number of sulfonamides is 1. The molecular formula is C25H29N5O3S. The monoisotopic (exact) mass is 479 g/mol. The molecule has 2 aromatic carbocycles. The summed E-state index contributed by atoms with van der Waals surface area (Å²) in [4.78, 5) is 9.68. The lowest BCUT2D eigenvalue weighted by Crippen LogP contribution is -2.49. The summed E-state index contributed by atoms with van der Waals surface area (Å²) in [6.45, 7) is 7.92. The van der Waals surface area contributed by atoms with Gasteiger partial charge in [-0.2, -0.15) is 9.57 Å². The van der Waals surface area contributed by atoms with Crippen LogP contribution in [0, 0.1) is 11.3 Å². The Morgan fingerprint density at radius 2 is 1.74 bits per heavy atom. The number of hydrogen-bond acceptors (Lipinski definition) is 6. The van der Waals surface area contributed by atoms with Crippen molar-refractivity contribution >= 4 is 26.6 Å². The Morgan fingerprint density at radius 3 is 2.32 bits per heavy atom. The van der Waals surface area contributed by atoms with Crippen molar-refractivity contribution in [1.29, 1.82) is 5.26 Å². The van der Waals surface area contributed by atoms with Gasteiger partial charge in [-0.1, -0.05) is 45.0 Å². The third-order valence-corrected chi connectivity index (χ3v) is 8.00. The minimum absolute atomic E-state index is 0.0475. The van der Waals surface area contributed by atoms with Gasteiger partial charge in [-0.05, 0) is 35.2 Å². The maximum atomic E-state index is 13.1. The van der Waals surface area contributed by atoms with Gasteiger partial charge in [0.15, 0.2) is 5.82 Å². The highest BCUT2D eigenvalue weighted by molar-refractivity contribution is 7.89. The summed E-state index contributed by atoms with van der Waals surface area (Å²) in [6, 6.07) is 16.5. The molecule has 1 aliphatic heterocycles. The molecule has 2 heterocycles. The number of allylic oxidation sites excluding steroid dienone is 1. The number of para-hydroxylation sites is 2. The lowest BCUT2D eigenvalue weighted by atomic mass is 9.87. The van der Waals surface area contributed by atoms with Gasteiger partial charge in [0, 0.05) is 26.2 Å². The maximum absolute atomic E-state index is 13.1. The summed E-state index contributed by atoms with van der Waals surface area (Å²) in [5.74, 6) is 0.233. The van der Waals surface area contributed by atoms with Gasteiger partial charge in [-0.25, -0.2) is 13.4 Å². The van der Waals surface area contributed by atoms with E-state index in [1.165, 1.54) is 4.31 Å². The summed E-state index contributed by atoms with van der Waals surface area (Å²) < 4.78 is 27.7. The molecule has 0 spiro atoms. The van der Waals surface area contributed by atoms with E-state index in [-0.39, 0.29) is 28.2 Å². The van der Waals surface area contributed by atoms with Gasteiger partial charge in [0.25, 0.3) is 0 Å². The van der Waals surface area contributed by atoms with Gasteiger partial charge in [0.2, 0.25) is 10.0 Å². The van der Waals surface area contributed by atoms with Gasteiger partial charge in [-0.15, -0.1) is 0 Å². The summed E-state index contributed by atoms with van der Waals surface area (Å²) in [6.07, 6.45) is 0. The van der Waals surface area contributed by atoms with Crippen LogP contribution >= 0.6 is 0 Å². The van der Waals surface area contributed by atoms with Crippen LogP contribution in [0.1, 0.15) is 32.2 Å². The van der Waals surface area contributed by atoms with Crippen molar-refractivity contribution in [2.75, 3.05) is 32.7 Å². The fourth-order valence-electron chi connectivity index (χ4n) is 4.02. The number of H-pyrrole nitrogens is 1. The number of nitrogens with zero attached hydrogens (tertiary/aromatic N) is 4. The lowest BCUT2D eigenvalue weighted by Gasteiger charge is -2.33. The van der Waals surface area contributed by atoms with Crippen LogP contribution in [0.3, 0.4) is 0 Å². The van der Waals surface area contributed by atoms with Crippen molar-refractivity contribution in [1.82, 2.24) is 19.2 Å². The Labute approximate surface area is 200 Å². The number of imidazole rings is 1. The molecule has 0 bridgehead atoms. The molecule has 178 valence electrons. The zero-order chi connectivity index (χ0) is 24.5. The molecule has 1 aromatic heterocycles. The highest BCUT2D eigenvalue weighted by Gasteiger charge is 2.29. The minimum Gasteiger partial charge on any atom is -0.509 e. The van der Waals surface area contributed by atoms with Crippen molar-refractivity contribution in [3.05, 3.63) is 65.7 Å². The molecule has 0 radical (unpaired) electrons. The third-order valence-electron chi connectivity index (χ3n) is 6.09. The minimum atomic E-state index is -3.59. The molecule has 2 N–H and O–H groups in total. The van der Waals surface area contributed by atoms with Gasteiger partial charge in [0.1, 0.15) is 17.4 Å². The Balaban J connectivity index is 1.43. The first-order chi connectivity index (χ1) is 16.1. The number of piperazine rings is 1. The Bertz CT molecular complexity index is 1320. The molecule has 1 fully saturated rings. The van der Waals surface area contributed by atoms with Crippen LogP contribution < -0.4 is 0 Å². The standard InChI is InChI=1S/C25H29N5O3S/c1-25(2,3)18-8-10-19(11-9-18)34(32,33)30-14-12-29(13-15-30)17-23(31)20(16-26)24-27-21-6-4-5-7-22(21)28-24/h4-11,31H,12-15,17H2,1-3H3,(H,27,28). The Hall–Kier alpha value is -3.19. The Kier molecular flexibility index (Phi) is 6.49. The molecule has 34 heavy (non-hydrogen) atoms. The molecule has 4 rings (SSSR count). The molecule has 8 nitrogen and oxygen atoms in total. The van der Waals surface area contributed by atoms with E-state index in [0.29, 0.717) is 37.5 Å². The zero-order valence-corrected chi connectivity index (χ0v) is 20.4. The SMILES string of the molecule is CC(C)(C)c1ccc(S(=O)(=O)N2CCN(CC(O)=C(C#N)c3nc4ccccc4[nH]3)CC2)cc1. The van der Waals surface area contributed by atoms with E-state index in [1.54, 1.807) is 12.1 Å². The van der Waals surface area contributed by atoms with Crippen molar-refractivity contribution in [3.63, 3.8) is 0 Å². The van der Waals surface area contributed by atoms with Crippen molar-refractivity contribution in [3.8, 4) is 6.07 Å². The van der Waals surface area contributed by atoms with Crippen LogP contribution in [-0.2, 0) is 15.4 Å². The second kappa shape index (κ2) is 9.22. The molecule has 0 aliphatic carbocycles. The number of benzene rings is 2. The molecule has 0 unspecified atom stereocenters. The van der Waals surface area contributed by atoms with E-state index in [4.69, 9.17) is 0 Å². The first-order valence-electron chi connectivity index (χ1n) is 11.2. The second-order valence-corrected chi connectivity index (χ2v) is 11.4. The van der Waals surface area contributed by atoms with E-state index in [0.717, 1.165) is 11.1 Å². The number of nitrogens with one attached hydrogen (secondary N) is 1. The zero-order valence-electron chi connectivity index (χ0n) is 19.6. The Morgan fingerprint density at radius 1 is 1.09 bits per heavy atom. The average Bonchev–Trinajstić information content (AvgIpc) is 3.23. The normalized spacial score (nSPS) is 16.9. The van der Waals surface area contributed by atoms with Gasteiger partial charge in [0.05, 0.1) is 22.5 Å². The van der Waals surface area contributed by atoms with Crippen LogP contribution in [0.15, 0.2) is 59.2 Å². The number of aliphatic hydroxyl groups excluding tert-OH is 1. The average molecular weight is 480 g/mol. The summed E-state index contributed by atoms with van der Waals surface area (Å²) >= 11 is 0. The fourth-order valence-corrected chi connectivity index (χ4v) is 5.44. The van der Waals surface area contributed by atoms with Crippen molar-refractivity contribution in [2.45, 2.75) is 31.1 Å². The van der Waals surface area contributed by atoms with E-state index >= 15 is 0 Å². The van der Waals surface area contributed by atoms with E-state index < -0.39 is 10.0 Å². The predicted molar refractivity (Wildman–Crippen MR) is 132 cm³/mol. The maximum Gasteiger partial charge on any atom is 0.243 e. The molecule has 0 amide bonds. The smallest absolute Gasteiger partial charge is 0.243 e. The number of aromatic nitrogens is 2. The number of nitriles is 1. The molecule has 9 heteroatoms. The van der Waals surface area contributed by atoms with Gasteiger partial charge in [-0.3, -0.25) is 4.90 Å². The molecule has 0 atom stereocenters. The largest absolute Gasteiger partial charge is 0.509 e. The molecule has 3 aromatic rings. The highest BCUT2D eigenvalue weighted by atomic mass is 32.2. The van der Waals surface area contributed by atoms with Crippen LogP contribution in [0.25, 0.3) is 16.6 Å². The molecule has 0 saturated carbocycles. The number of hydrogen-bond donors (Lipinski definition) is 2. The first kappa shape index (κ1) is 24.0. The van der Waals surface area contributed by atoms with Crippen molar-refractivity contribution < 1.29 is 13.5 Å². The van der Waals surface area contributed by atoms with E-state index in [2.05, 4.69) is 30.7 Å². The summed E-state index contributed by atoms with van der Waals surface area (Å²) in [7, 11) is -3.59. The quantitative estimate of drug-likeness (QED) is 0.427. The first-order valence-corrected chi connectivity index (χ1v) is 12.6. The van der Waals surface area contributed by atoms with E-state index in [1.807, 2.05) is 47.4 Å². The van der Waals surface area contributed by atoms with Crippen molar-refractivity contribution in [2.24, 2.45) is 0 Å². The van der Waals surface area contributed by atoms with Crippen LogP contribution in [0.5, 0.6) is 0 Å². The number of aromatic amines is 1. The molecular weight excluding hydrogens is 450 g/mol. The lowest BCUT2D eigenvalue weighted by molar-refractivity contribution is 0.182. The fraction of sp³-hybridized carbons (Fsp3) is 0.360. The summed E-state index contributed by atoms with van der Waals surface area (Å²) in [5.41, 5.74) is 2.62. The van der Waals surface area contributed by atoms with Gasteiger partial charge >= 0.3 is 0 Å². The number of rotatable bonds is 5. The summed E-state index contributed by atoms with van der Waals surface area (Å²) in [5, 5.41) is 20.3. The predicted octanol–water partition coefficient (Wildman–Crippen LogP) is 3.66. The van der Waals surface area contributed by atoms with Crippen LogP contribution in [0.2, 0.25) is 0 Å². The van der Waals surface area contributed by atoms with Crippen LogP contribution in [-0.4, -0.2) is 65.4 Å². The van der Waals surface area contributed by atoms with E-state index in [9.17, 15) is 18.8 Å². The molecule has 1 aliphatic rings. The molecule has 1 saturated heterocycles. The van der Waals surface area contributed by atoms with Crippen LogP contribution in [0.4, 0.5) is 0 Å². The second-order valence-electron chi connectivity index (χ2n) is 9.49. The highest BCUT2D eigenvalue weighted by Crippen LogP contribution is 2.25.